The van der Waals surface area contributed by atoms with Gasteiger partial charge in [-0.3, -0.25) is 9.59 Å². The first-order valence-corrected chi connectivity index (χ1v) is 17.2. The number of anilines is 1. The predicted octanol–water partition coefficient (Wildman–Crippen LogP) is 5.25. The van der Waals surface area contributed by atoms with Crippen molar-refractivity contribution in [2.75, 3.05) is 11.1 Å². The summed E-state index contributed by atoms with van der Waals surface area (Å²) in [5.74, 6) is -2.24. The summed E-state index contributed by atoms with van der Waals surface area (Å²) in [5.41, 5.74) is -0.178. The first kappa shape index (κ1) is 32.2. The number of carbonyl (C=O) groups is 2. The quantitative estimate of drug-likeness (QED) is 0.326. The lowest BCUT2D eigenvalue weighted by Crippen LogP contribution is -2.50. The second-order valence-corrected chi connectivity index (χ2v) is 16.1. The van der Waals surface area contributed by atoms with Crippen LogP contribution in [-0.2, 0) is 25.0 Å². The summed E-state index contributed by atoms with van der Waals surface area (Å²) in [5, 5.41) is 9.98. The Morgan fingerprint density at radius 1 is 1.09 bits per heavy atom. The molecule has 1 saturated carbocycles. The molecule has 2 aliphatic heterocycles. The van der Waals surface area contributed by atoms with Gasteiger partial charge in [0.05, 0.1) is 16.8 Å². The minimum absolute atomic E-state index is 0.0128. The summed E-state index contributed by atoms with van der Waals surface area (Å²) < 4.78 is 42.7. The van der Waals surface area contributed by atoms with Gasteiger partial charge in [-0.25, -0.2) is 17.5 Å². The molecule has 0 bridgehead atoms. The SMILES string of the molecule is CCS(=O)(=O)NC1CCC(NC(=O)C2NC(CC(C)(C)C)C3(C(=O)Nc4cc(Cl)ccc43)C2c2cccc(Cl)c2F)CC1. The Morgan fingerprint density at radius 2 is 1.77 bits per heavy atom. The van der Waals surface area contributed by atoms with Gasteiger partial charge in [-0.1, -0.05) is 62.2 Å². The van der Waals surface area contributed by atoms with Gasteiger partial charge in [0.15, 0.2) is 0 Å². The van der Waals surface area contributed by atoms with E-state index in [-0.39, 0.29) is 45.7 Å². The van der Waals surface area contributed by atoms with Gasteiger partial charge in [0.2, 0.25) is 21.8 Å². The van der Waals surface area contributed by atoms with E-state index >= 15 is 4.39 Å². The van der Waals surface area contributed by atoms with E-state index in [0.29, 0.717) is 48.4 Å². The third-order valence-corrected chi connectivity index (χ3v) is 11.0. The lowest BCUT2D eigenvalue weighted by atomic mass is 9.62. The van der Waals surface area contributed by atoms with Crippen LogP contribution in [0.3, 0.4) is 0 Å². The fraction of sp³-hybridized carbons (Fsp3) is 0.548. The summed E-state index contributed by atoms with van der Waals surface area (Å²) in [4.78, 5) is 28.4. The smallest absolute Gasteiger partial charge is 0.238 e. The van der Waals surface area contributed by atoms with Crippen LogP contribution in [0.1, 0.15) is 76.8 Å². The Kier molecular flexibility index (Phi) is 8.92. The fourth-order valence-electron chi connectivity index (χ4n) is 7.14. The Bertz CT molecular complexity index is 1520. The first-order chi connectivity index (χ1) is 20.2. The second-order valence-electron chi connectivity index (χ2n) is 13.2. The fourth-order valence-corrected chi connectivity index (χ4v) is 8.40. The largest absolute Gasteiger partial charge is 0.352 e. The van der Waals surface area contributed by atoms with Crippen molar-refractivity contribution >= 4 is 50.7 Å². The molecule has 2 aromatic carbocycles. The second kappa shape index (κ2) is 11.9. The minimum atomic E-state index is -3.32. The molecule has 2 heterocycles. The molecule has 43 heavy (non-hydrogen) atoms. The summed E-state index contributed by atoms with van der Waals surface area (Å²) >= 11 is 12.6. The molecule has 3 aliphatic rings. The monoisotopic (exact) mass is 652 g/mol. The van der Waals surface area contributed by atoms with Crippen LogP contribution >= 0.6 is 23.2 Å². The molecule has 8 nitrogen and oxygen atoms in total. The van der Waals surface area contributed by atoms with Crippen LogP contribution in [0.2, 0.25) is 10.0 Å². The third-order valence-electron chi connectivity index (χ3n) is 9.02. The van der Waals surface area contributed by atoms with Crippen LogP contribution in [0.15, 0.2) is 36.4 Å². The van der Waals surface area contributed by atoms with Crippen LogP contribution in [0.25, 0.3) is 0 Å². The van der Waals surface area contributed by atoms with Gasteiger partial charge in [-0.2, -0.15) is 0 Å². The summed E-state index contributed by atoms with van der Waals surface area (Å²) in [6.45, 7) is 7.78. The van der Waals surface area contributed by atoms with Gasteiger partial charge < -0.3 is 16.0 Å². The molecular formula is C31H39Cl2FN4O4S. The van der Waals surface area contributed by atoms with Crippen molar-refractivity contribution in [3.8, 4) is 0 Å². The lowest BCUT2D eigenvalue weighted by Gasteiger charge is -2.38. The summed E-state index contributed by atoms with van der Waals surface area (Å²) in [7, 11) is -3.32. The Labute approximate surface area is 262 Å². The number of carbonyl (C=O) groups excluding carboxylic acids is 2. The maximum Gasteiger partial charge on any atom is 0.238 e. The van der Waals surface area contributed by atoms with Gasteiger partial charge in [0.25, 0.3) is 0 Å². The maximum atomic E-state index is 15.9. The van der Waals surface area contributed by atoms with Gasteiger partial charge in [0, 0.05) is 34.8 Å². The van der Waals surface area contributed by atoms with E-state index in [2.05, 4.69) is 41.4 Å². The van der Waals surface area contributed by atoms with Crippen LogP contribution < -0.4 is 20.7 Å². The zero-order valence-corrected chi connectivity index (χ0v) is 27.1. The van der Waals surface area contributed by atoms with Gasteiger partial charge in [-0.05, 0) is 73.8 Å². The van der Waals surface area contributed by atoms with Crippen molar-refractivity contribution in [1.29, 1.82) is 0 Å². The van der Waals surface area contributed by atoms with E-state index in [9.17, 15) is 18.0 Å². The van der Waals surface area contributed by atoms with E-state index in [1.54, 1.807) is 37.3 Å². The molecule has 0 radical (unpaired) electrons. The first-order valence-electron chi connectivity index (χ1n) is 14.8. The molecule has 4 N–H and O–H groups in total. The number of nitrogens with one attached hydrogen (secondary N) is 4. The van der Waals surface area contributed by atoms with Crippen molar-refractivity contribution in [2.24, 2.45) is 5.41 Å². The highest BCUT2D eigenvalue weighted by atomic mass is 35.5. The normalized spacial score (nSPS) is 29.0. The molecule has 2 aromatic rings. The van der Waals surface area contributed by atoms with Crippen LogP contribution in [-0.4, -0.2) is 50.2 Å². The number of rotatable bonds is 7. The number of hydrogen-bond acceptors (Lipinski definition) is 5. The molecule has 234 valence electrons. The van der Waals surface area contributed by atoms with Crippen LogP contribution in [0, 0.1) is 11.2 Å². The average Bonchev–Trinajstić information content (AvgIpc) is 3.40. The molecule has 5 rings (SSSR count). The highest BCUT2D eigenvalue weighted by molar-refractivity contribution is 7.89. The molecule has 4 atom stereocenters. The number of halogens is 3. The highest BCUT2D eigenvalue weighted by Crippen LogP contribution is 2.57. The van der Waals surface area contributed by atoms with Crippen molar-refractivity contribution in [1.82, 2.24) is 15.4 Å². The molecule has 1 spiro atoms. The predicted molar refractivity (Wildman–Crippen MR) is 167 cm³/mol. The molecule has 4 unspecified atom stereocenters. The molecule has 1 aliphatic carbocycles. The number of fused-ring (bicyclic) bond motifs is 2. The Balaban J connectivity index is 1.54. The summed E-state index contributed by atoms with van der Waals surface area (Å²) in [6, 6.07) is 8.02. The van der Waals surface area contributed by atoms with E-state index in [1.807, 2.05) is 0 Å². The zero-order chi connectivity index (χ0) is 31.3. The molecule has 1 saturated heterocycles. The van der Waals surface area contributed by atoms with Crippen LogP contribution in [0.4, 0.5) is 10.1 Å². The van der Waals surface area contributed by atoms with E-state index in [1.165, 1.54) is 6.07 Å². The van der Waals surface area contributed by atoms with Crippen molar-refractivity contribution in [3.63, 3.8) is 0 Å². The maximum absolute atomic E-state index is 15.9. The molecule has 12 heteroatoms. The molecule has 2 fully saturated rings. The Hall–Kier alpha value is -2.24. The third kappa shape index (κ3) is 6.18. The highest BCUT2D eigenvalue weighted by Gasteiger charge is 2.66. The Morgan fingerprint density at radius 3 is 2.42 bits per heavy atom. The van der Waals surface area contributed by atoms with Gasteiger partial charge in [-0.15, -0.1) is 0 Å². The van der Waals surface area contributed by atoms with Gasteiger partial charge >= 0.3 is 0 Å². The molecule has 0 aromatic heterocycles. The summed E-state index contributed by atoms with van der Waals surface area (Å²) in [6.07, 6.45) is 2.87. The number of sulfonamides is 1. The van der Waals surface area contributed by atoms with Crippen molar-refractivity contribution in [3.05, 3.63) is 63.4 Å². The lowest BCUT2D eigenvalue weighted by molar-refractivity contribution is -0.124. The van der Waals surface area contributed by atoms with E-state index in [4.69, 9.17) is 23.2 Å². The van der Waals surface area contributed by atoms with Crippen LogP contribution in [0.5, 0.6) is 0 Å². The van der Waals surface area contributed by atoms with Crippen molar-refractivity contribution < 1.29 is 22.4 Å². The van der Waals surface area contributed by atoms with E-state index in [0.717, 1.165) is 0 Å². The van der Waals surface area contributed by atoms with E-state index < -0.39 is 39.3 Å². The zero-order valence-electron chi connectivity index (χ0n) is 24.8. The molecular weight excluding hydrogens is 614 g/mol. The topological polar surface area (TPSA) is 116 Å². The van der Waals surface area contributed by atoms with Crippen molar-refractivity contribution in [2.45, 2.75) is 95.3 Å². The average molecular weight is 654 g/mol. The number of hydrogen-bond donors (Lipinski definition) is 4. The number of amides is 2. The number of benzene rings is 2. The van der Waals surface area contributed by atoms with Gasteiger partial charge in [0.1, 0.15) is 11.2 Å². The molecule has 2 amide bonds. The standard InChI is InChI=1S/C31H39Cl2FN4O4S/c1-5-43(41,42)38-19-12-10-18(11-13-19)35-28(39)27-25(20-7-6-8-22(33)26(20)34)31(24(37-27)16-30(2,3)4)21-14-9-17(32)15-23(21)36-29(31)40/h6-9,14-15,18-19,24-25,27,37-38H,5,10-13,16H2,1-4H3,(H,35,39)(H,36,40). The minimum Gasteiger partial charge on any atom is -0.352 e.